The smallest absolute Gasteiger partial charge is 0.136 e. The molecular formula is C24H30FN5. The Bertz CT molecular complexity index is 1000. The number of allylic oxidation sites excluding steroid dienone is 2. The van der Waals surface area contributed by atoms with Gasteiger partial charge < -0.3 is 10.6 Å². The van der Waals surface area contributed by atoms with E-state index < -0.39 is 0 Å². The number of nitrogens with zero attached hydrogens (tertiary/aromatic N) is 4. The number of aliphatic imine (C=N–C) groups is 1. The van der Waals surface area contributed by atoms with Crippen molar-refractivity contribution >= 4 is 17.7 Å². The van der Waals surface area contributed by atoms with Crippen molar-refractivity contribution in [1.29, 1.82) is 0 Å². The first-order valence-corrected chi connectivity index (χ1v) is 10.3. The summed E-state index contributed by atoms with van der Waals surface area (Å²) in [5, 5.41) is 0. The molecule has 6 heteroatoms. The minimum Gasteiger partial charge on any atom is -0.398 e. The van der Waals surface area contributed by atoms with Crippen LogP contribution in [-0.4, -0.2) is 30.3 Å². The van der Waals surface area contributed by atoms with E-state index in [4.69, 9.17) is 5.73 Å². The van der Waals surface area contributed by atoms with Gasteiger partial charge in [0.05, 0.1) is 11.4 Å². The van der Waals surface area contributed by atoms with Gasteiger partial charge in [0.15, 0.2) is 0 Å². The van der Waals surface area contributed by atoms with Gasteiger partial charge in [0, 0.05) is 44.1 Å². The molecule has 1 aromatic carbocycles. The lowest BCUT2D eigenvalue weighted by molar-refractivity contribution is 0.415. The Balaban J connectivity index is 2.08. The maximum Gasteiger partial charge on any atom is 0.136 e. The zero-order chi connectivity index (χ0) is 21.8. The van der Waals surface area contributed by atoms with Crippen LogP contribution in [0.3, 0.4) is 0 Å². The fraction of sp³-hybridized carbons (Fsp3) is 0.375. The SMILES string of the molecule is C=C(N)/C=N\C(=C/C)c1ccc(C2CCC2)c(Cc2cc(N(C)C)nc(C)n2)c1F. The van der Waals surface area contributed by atoms with Crippen LogP contribution < -0.4 is 10.6 Å². The van der Waals surface area contributed by atoms with Gasteiger partial charge in [0.2, 0.25) is 0 Å². The number of aryl methyl sites for hydroxylation is 1. The summed E-state index contributed by atoms with van der Waals surface area (Å²) in [5.41, 5.74) is 9.51. The molecule has 158 valence electrons. The predicted octanol–water partition coefficient (Wildman–Crippen LogP) is 4.75. The fourth-order valence-electron chi connectivity index (χ4n) is 3.68. The van der Waals surface area contributed by atoms with Crippen molar-refractivity contribution in [2.75, 3.05) is 19.0 Å². The van der Waals surface area contributed by atoms with Crippen LogP contribution in [0.4, 0.5) is 10.2 Å². The lowest BCUT2D eigenvalue weighted by atomic mass is 9.77. The maximum atomic E-state index is 15.8. The van der Waals surface area contributed by atoms with E-state index in [1.54, 1.807) is 6.08 Å². The lowest BCUT2D eigenvalue weighted by Crippen LogP contribution is -2.15. The molecule has 3 rings (SSSR count). The topological polar surface area (TPSA) is 67.4 Å². The molecule has 2 aromatic rings. The van der Waals surface area contributed by atoms with Crippen LogP contribution in [-0.2, 0) is 6.42 Å². The third kappa shape index (κ3) is 4.75. The standard InChI is InChI=1S/C24H30FN5/c1-6-22(27-14-15(2)26)20-11-10-19(17-8-7-9-17)21(24(20)25)12-18-13-23(30(4)5)29-16(3)28-18/h6,10-11,13-14,17H,2,7-9,12,26H2,1,3-5H3/b22-6-,27-14-. The van der Waals surface area contributed by atoms with Gasteiger partial charge in [0.25, 0.3) is 0 Å². The summed E-state index contributed by atoms with van der Waals surface area (Å²) in [6, 6.07) is 5.81. The molecule has 1 heterocycles. The Morgan fingerprint density at radius 1 is 1.33 bits per heavy atom. The second-order valence-electron chi connectivity index (χ2n) is 7.97. The second-order valence-corrected chi connectivity index (χ2v) is 7.97. The van der Waals surface area contributed by atoms with Gasteiger partial charge >= 0.3 is 0 Å². The first kappa shape index (κ1) is 21.7. The molecule has 0 bridgehead atoms. The third-order valence-corrected chi connectivity index (χ3v) is 5.44. The molecule has 0 atom stereocenters. The molecule has 1 aliphatic carbocycles. The van der Waals surface area contributed by atoms with E-state index in [0.717, 1.165) is 29.9 Å². The quantitative estimate of drug-likeness (QED) is 0.673. The highest BCUT2D eigenvalue weighted by molar-refractivity contribution is 5.83. The van der Waals surface area contributed by atoms with Gasteiger partial charge in [0.1, 0.15) is 17.5 Å². The molecule has 0 spiro atoms. The van der Waals surface area contributed by atoms with Gasteiger partial charge in [-0.3, -0.25) is 4.99 Å². The van der Waals surface area contributed by atoms with Crippen molar-refractivity contribution in [3.05, 3.63) is 70.6 Å². The van der Waals surface area contributed by atoms with Gasteiger partial charge in [-0.05, 0) is 49.8 Å². The summed E-state index contributed by atoms with van der Waals surface area (Å²) < 4.78 is 15.8. The molecule has 0 radical (unpaired) electrons. The Morgan fingerprint density at radius 2 is 2.07 bits per heavy atom. The number of aromatic nitrogens is 2. The summed E-state index contributed by atoms with van der Waals surface area (Å²) in [6.45, 7) is 7.33. The summed E-state index contributed by atoms with van der Waals surface area (Å²) >= 11 is 0. The Kier molecular flexibility index (Phi) is 6.65. The Morgan fingerprint density at radius 3 is 2.63 bits per heavy atom. The average Bonchev–Trinajstić information content (AvgIpc) is 2.64. The van der Waals surface area contributed by atoms with Crippen LogP contribution in [0.2, 0.25) is 0 Å². The number of halogens is 1. The molecule has 0 amide bonds. The number of rotatable bonds is 7. The van der Waals surface area contributed by atoms with Crippen molar-refractivity contribution in [2.45, 2.75) is 45.4 Å². The zero-order valence-electron chi connectivity index (χ0n) is 18.2. The molecule has 1 aliphatic rings. The molecule has 1 saturated carbocycles. The summed E-state index contributed by atoms with van der Waals surface area (Å²) in [4.78, 5) is 15.3. The van der Waals surface area contributed by atoms with E-state index in [1.165, 1.54) is 12.6 Å². The van der Waals surface area contributed by atoms with E-state index >= 15 is 4.39 Å². The molecular weight excluding hydrogens is 377 g/mol. The summed E-state index contributed by atoms with van der Waals surface area (Å²) in [5.74, 6) is 1.66. The molecule has 0 aliphatic heterocycles. The average molecular weight is 408 g/mol. The number of hydrogen-bond acceptors (Lipinski definition) is 5. The number of hydrogen-bond donors (Lipinski definition) is 1. The van der Waals surface area contributed by atoms with E-state index in [2.05, 4.69) is 27.6 Å². The van der Waals surface area contributed by atoms with E-state index in [-0.39, 0.29) is 5.82 Å². The first-order valence-electron chi connectivity index (χ1n) is 10.3. The number of benzene rings is 1. The zero-order valence-corrected chi connectivity index (χ0v) is 18.2. The molecule has 0 saturated heterocycles. The number of anilines is 1. The fourth-order valence-corrected chi connectivity index (χ4v) is 3.68. The van der Waals surface area contributed by atoms with E-state index in [0.29, 0.717) is 40.7 Å². The second kappa shape index (κ2) is 9.20. The maximum absolute atomic E-state index is 15.8. The van der Waals surface area contributed by atoms with Crippen molar-refractivity contribution in [3.63, 3.8) is 0 Å². The van der Waals surface area contributed by atoms with Gasteiger partial charge in [-0.15, -0.1) is 0 Å². The van der Waals surface area contributed by atoms with E-state index in [9.17, 15) is 0 Å². The molecule has 1 aromatic heterocycles. The van der Waals surface area contributed by atoms with E-state index in [1.807, 2.05) is 45.0 Å². The highest BCUT2D eigenvalue weighted by Crippen LogP contribution is 2.40. The lowest BCUT2D eigenvalue weighted by Gasteiger charge is -2.29. The first-order chi connectivity index (χ1) is 14.3. The van der Waals surface area contributed by atoms with Gasteiger partial charge in [-0.2, -0.15) is 0 Å². The largest absolute Gasteiger partial charge is 0.398 e. The van der Waals surface area contributed by atoms with Crippen LogP contribution in [0.25, 0.3) is 5.70 Å². The normalized spacial score (nSPS) is 14.8. The Labute approximate surface area is 178 Å². The van der Waals surface area contributed by atoms with Crippen LogP contribution in [0.15, 0.2) is 41.5 Å². The third-order valence-electron chi connectivity index (χ3n) is 5.44. The van der Waals surface area contributed by atoms with Crippen molar-refractivity contribution in [2.24, 2.45) is 10.7 Å². The molecule has 2 N–H and O–H groups in total. The minimum absolute atomic E-state index is 0.241. The predicted molar refractivity (Wildman–Crippen MR) is 122 cm³/mol. The van der Waals surface area contributed by atoms with Crippen molar-refractivity contribution in [1.82, 2.24) is 9.97 Å². The highest BCUT2D eigenvalue weighted by Gasteiger charge is 2.26. The molecule has 0 unspecified atom stereocenters. The number of nitrogens with two attached hydrogens (primary N) is 1. The van der Waals surface area contributed by atoms with Crippen molar-refractivity contribution < 1.29 is 4.39 Å². The molecule has 5 nitrogen and oxygen atoms in total. The van der Waals surface area contributed by atoms with Gasteiger partial charge in [-0.1, -0.05) is 25.1 Å². The molecule has 1 fully saturated rings. The van der Waals surface area contributed by atoms with Crippen LogP contribution in [0.1, 0.15) is 60.3 Å². The summed E-state index contributed by atoms with van der Waals surface area (Å²) in [6.07, 6.45) is 7.03. The van der Waals surface area contributed by atoms with Crippen LogP contribution >= 0.6 is 0 Å². The highest BCUT2D eigenvalue weighted by atomic mass is 19.1. The summed E-state index contributed by atoms with van der Waals surface area (Å²) in [7, 11) is 3.88. The monoisotopic (exact) mass is 407 g/mol. The van der Waals surface area contributed by atoms with Crippen LogP contribution in [0, 0.1) is 12.7 Å². The van der Waals surface area contributed by atoms with Crippen LogP contribution in [0.5, 0.6) is 0 Å². The minimum atomic E-state index is -0.241. The van der Waals surface area contributed by atoms with Gasteiger partial charge in [-0.25, -0.2) is 14.4 Å². The Hall–Kier alpha value is -3.02. The van der Waals surface area contributed by atoms with Crippen molar-refractivity contribution in [3.8, 4) is 0 Å². The molecule has 30 heavy (non-hydrogen) atoms.